The maximum Gasteiger partial charge on any atom is 0.232 e. The molecule has 0 aromatic heterocycles. The quantitative estimate of drug-likeness (QED) is 0.873. The minimum Gasteiger partial charge on any atom is -0.385 e. The van der Waals surface area contributed by atoms with Gasteiger partial charge in [-0.1, -0.05) is 36.4 Å². The molecular weight excluding hydrogens is 248 g/mol. The molecule has 102 valence electrons. The van der Waals surface area contributed by atoms with Crippen LogP contribution in [0.2, 0.25) is 0 Å². The van der Waals surface area contributed by atoms with E-state index in [1.807, 2.05) is 55.5 Å². The highest BCUT2D eigenvalue weighted by molar-refractivity contribution is 5.97. The number of amides is 1. The van der Waals surface area contributed by atoms with Crippen molar-refractivity contribution in [2.75, 3.05) is 17.2 Å². The van der Waals surface area contributed by atoms with Crippen molar-refractivity contribution in [3.8, 4) is 0 Å². The van der Waals surface area contributed by atoms with Crippen molar-refractivity contribution in [1.29, 1.82) is 0 Å². The van der Waals surface area contributed by atoms with E-state index in [-0.39, 0.29) is 11.8 Å². The van der Waals surface area contributed by atoms with Crippen LogP contribution in [-0.4, -0.2) is 12.5 Å². The fourth-order valence-electron chi connectivity index (χ4n) is 2.67. The van der Waals surface area contributed by atoms with E-state index in [1.54, 1.807) is 0 Å². The number of carbonyl (C=O) groups excluding carboxylic acids is 1. The molecule has 1 unspecified atom stereocenters. The number of benzene rings is 2. The molecule has 0 saturated heterocycles. The maximum absolute atomic E-state index is 12.5. The van der Waals surface area contributed by atoms with E-state index in [0.29, 0.717) is 0 Å². The molecule has 2 aromatic rings. The van der Waals surface area contributed by atoms with E-state index >= 15 is 0 Å². The van der Waals surface area contributed by atoms with Gasteiger partial charge in [0, 0.05) is 17.9 Å². The Bertz CT molecular complexity index is 636. The first-order valence-electron chi connectivity index (χ1n) is 6.95. The van der Waals surface area contributed by atoms with E-state index in [4.69, 9.17) is 0 Å². The van der Waals surface area contributed by atoms with Crippen LogP contribution in [-0.2, 0) is 4.79 Å². The Morgan fingerprint density at radius 1 is 1.15 bits per heavy atom. The summed E-state index contributed by atoms with van der Waals surface area (Å²) in [7, 11) is 0. The van der Waals surface area contributed by atoms with E-state index in [1.165, 1.54) is 0 Å². The molecule has 3 nitrogen and oxygen atoms in total. The highest BCUT2D eigenvalue weighted by Gasteiger charge is 2.26. The van der Waals surface area contributed by atoms with E-state index in [2.05, 4.69) is 10.6 Å². The minimum atomic E-state index is -0.0768. The molecule has 0 spiro atoms. The summed E-state index contributed by atoms with van der Waals surface area (Å²) in [6.07, 6.45) is 0.828. The summed E-state index contributed by atoms with van der Waals surface area (Å²) in [6.45, 7) is 2.84. The van der Waals surface area contributed by atoms with E-state index in [0.717, 1.165) is 35.5 Å². The van der Waals surface area contributed by atoms with Gasteiger partial charge < -0.3 is 10.6 Å². The second-order valence-electron chi connectivity index (χ2n) is 5.16. The van der Waals surface area contributed by atoms with Crippen LogP contribution >= 0.6 is 0 Å². The molecule has 2 aromatic carbocycles. The molecule has 1 aliphatic heterocycles. The van der Waals surface area contributed by atoms with Crippen molar-refractivity contribution in [2.45, 2.75) is 19.3 Å². The Balaban J connectivity index is 1.84. The van der Waals surface area contributed by atoms with Crippen LogP contribution in [0.3, 0.4) is 0 Å². The number of para-hydroxylation sites is 2. The average molecular weight is 266 g/mol. The molecule has 1 aliphatic rings. The smallest absolute Gasteiger partial charge is 0.232 e. The van der Waals surface area contributed by atoms with Crippen molar-refractivity contribution in [3.05, 3.63) is 59.7 Å². The standard InChI is InChI=1S/C17H18N2O/c1-12-6-2-4-8-15(12)19-17(20)14-10-11-18-16-9-5-3-7-13(14)16/h2-9,14,18H,10-11H2,1H3,(H,19,20). The van der Waals surface area contributed by atoms with Gasteiger partial charge in [0.05, 0.1) is 5.92 Å². The van der Waals surface area contributed by atoms with Gasteiger partial charge in [-0.05, 0) is 36.6 Å². The van der Waals surface area contributed by atoms with Crippen molar-refractivity contribution in [1.82, 2.24) is 0 Å². The summed E-state index contributed by atoms with van der Waals surface area (Å²) in [4.78, 5) is 12.5. The molecule has 3 rings (SSSR count). The Morgan fingerprint density at radius 2 is 1.90 bits per heavy atom. The third-order valence-electron chi connectivity index (χ3n) is 3.80. The van der Waals surface area contributed by atoms with Crippen LogP contribution in [0, 0.1) is 6.92 Å². The second-order valence-corrected chi connectivity index (χ2v) is 5.16. The summed E-state index contributed by atoms with van der Waals surface area (Å²) in [6, 6.07) is 15.9. The van der Waals surface area contributed by atoms with Crippen LogP contribution in [0.4, 0.5) is 11.4 Å². The van der Waals surface area contributed by atoms with Crippen LogP contribution in [0.15, 0.2) is 48.5 Å². The van der Waals surface area contributed by atoms with Crippen molar-refractivity contribution < 1.29 is 4.79 Å². The normalized spacial score (nSPS) is 16.9. The van der Waals surface area contributed by atoms with Gasteiger partial charge in [0.2, 0.25) is 5.91 Å². The molecule has 0 aliphatic carbocycles. The van der Waals surface area contributed by atoms with Gasteiger partial charge in [-0.25, -0.2) is 0 Å². The monoisotopic (exact) mass is 266 g/mol. The first-order valence-corrected chi connectivity index (χ1v) is 6.95. The van der Waals surface area contributed by atoms with Crippen molar-refractivity contribution >= 4 is 17.3 Å². The largest absolute Gasteiger partial charge is 0.385 e. The van der Waals surface area contributed by atoms with E-state index in [9.17, 15) is 4.79 Å². The Labute approximate surface area is 119 Å². The summed E-state index contributed by atoms with van der Waals surface area (Å²) < 4.78 is 0. The molecular formula is C17H18N2O. The summed E-state index contributed by atoms with van der Waals surface area (Å²) in [5.41, 5.74) is 4.14. The number of nitrogens with one attached hydrogen (secondary N) is 2. The van der Waals surface area contributed by atoms with Crippen molar-refractivity contribution in [2.24, 2.45) is 0 Å². The highest BCUT2D eigenvalue weighted by atomic mass is 16.1. The van der Waals surface area contributed by atoms with Gasteiger partial charge in [0.15, 0.2) is 0 Å². The van der Waals surface area contributed by atoms with Gasteiger partial charge in [0.1, 0.15) is 0 Å². The highest BCUT2D eigenvalue weighted by Crippen LogP contribution is 2.32. The number of rotatable bonds is 2. The lowest BCUT2D eigenvalue weighted by Gasteiger charge is -2.26. The zero-order valence-electron chi connectivity index (χ0n) is 11.5. The molecule has 0 fully saturated rings. The number of fused-ring (bicyclic) bond motifs is 1. The lowest BCUT2D eigenvalue weighted by atomic mass is 9.90. The lowest BCUT2D eigenvalue weighted by Crippen LogP contribution is -2.27. The van der Waals surface area contributed by atoms with Gasteiger partial charge in [-0.15, -0.1) is 0 Å². The topological polar surface area (TPSA) is 41.1 Å². The summed E-state index contributed by atoms with van der Waals surface area (Å²) in [5.74, 6) is 0.000283. The van der Waals surface area contributed by atoms with Gasteiger partial charge in [-0.3, -0.25) is 4.79 Å². The average Bonchev–Trinajstić information content (AvgIpc) is 2.49. The van der Waals surface area contributed by atoms with Crippen LogP contribution in [0.5, 0.6) is 0 Å². The first-order chi connectivity index (χ1) is 9.75. The fourth-order valence-corrected chi connectivity index (χ4v) is 2.67. The second kappa shape index (κ2) is 5.37. The van der Waals surface area contributed by atoms with Gasteiger partial charge >= 0.3 is 0 Å². The van der Waals surface area contributed by atoms with Crippen LogP contribution in [0.1, 0.15) is 23.5 Å². The molecule has 1 atom stereocenters. The van der Waals surface area contributed by atoms with E-state index < -0.39 is 0 Å². The Morgan fingerprint density at radius 3 is 2.75 bits per heavy atom. The number of aryl methyl sites for hydroxylation is 1. The molecule has 3 heteroatoms. The molecule has 2 N–H and O–H groups in total. The molecule has 1 amide bonds. The SMILES string of the molecule is Cc1ccccc1NC(=O)C1CCNc2ccccc21. The van der Waals surface area contributed by atoms with Gasteiger partial charge in [-0.2, -0.15) is 0 Å². The third-order valence-corrected chi connectivity index (χ3v) is 3.80. The Hall–Kier alpha value is -2.29. The minimum absolute atomic E-state index is 0.0768. The predicted molar refractivity (Wildman–Crippen MR) is 82.1 cm³/mol. The fraction of sp³-hybridized carbons (Fsp3) is 0.235. The number of anilines is 2. The molecule has 1 heterocycles. The third kappa shape index (κ3) is 2.39. The zero-order chi connectivity index (χ0) is 13.9. The maximum atomic E-state index is 12.5. The zero-order valence-corrected chi connectivity index (χ0v) is 11.5. The molecule has 20 heavy (non-hydrogen) atoms. The first kappa shape index (κ1) is 12.7. The molecule has 0 bridgehead atoms. The van der Waals surface area contributed by atoms with Gasteiger partial charge in [0.25, 0.3) is 0 Å². The number of carbonyl (C=O) groups is 1. The Kier molecular flexibility index (Phi) is 3.42. The predicted octanol–water partition coefficient (Wildman–Crippen LogP) is 3.53. The van der Waals surface area contributed by atoms with Crippen LogP contribution in [0.25, 0.3) is 0 Å². The van der Waals surface area contributed by atoms with Crippen LogP contribution < -0.4 is 10.6 Å². The number of hydrogen-bond donors (Lipinski definition) is 2. The number of hydrogen-bond acceptors (Lipinski definition) is 2. The van der Waals surface area contributed by atoms with Crippen molar-refractivity contribution in [3.63, 3.8) is 0 Å². The molecule has 0 radical (unpaired) electrons. The summed E-state index contributed by atoms with van der Waals surface area (Å²) in [5, 5.41) is 6.40. The molecule has 0 saturated carbocycles. The summed E-state index contributed by atoms with van der Waals surface area (Å²) >= 11 is 0. The lowest BCUT2D eigenvalue weighted by molar-refractivity contribution is -0.117.